The molecule has 1 N–H and O–H groups in total. The van der Waals surface area contributed by atoms with E-state index in [9.17, 15) is 8.42 Å². The van der Waals surface area contributed by atoms with Crippen LogP contribution < -0.4 is 0 Å². The van der Waals surface area contributed by atoms with Crippen molar-refractivity contribution in [3.05, 3.63) is 28.2 Å². The number of aliphatic hydroxyl groups excluding tert-OH is 1. The maximum absolute atomic E-state index is 12.8. The molecule has 0 aliphatic carbocycles. The monoisotopic (exact) mass is 361 g/mol. The third kappa shape index (κ3) is 3.24. The van der Waals surface area contributed by atoms with Crippen molar-refractivity contribution in [2.45, 2.75) is 43.5 Å². The van der Waals surface area contributed by atoms with Gasteiger partial charge in [-0.15, -0.1) is 0 Å². The second-order valence-corrected chi connectivity index (χ2v) is 7.92. The summed E-state index contributed by atoms with van der Waals surface area (Å²) in [5.41, 5.74) is 1.02. The minimum atomic E-state index is -3.46. The first-order valence-electron chi connectivity index (χ1n) is 6.85. The third-order valence-electron chi connectivity index (χ3n) is 3.69. The predicted molar refractivity (Wildman–Crippen MR) is 82.1 cm³/mol. The van der Waals surface area contributed by atoms with E-state index in [4.69, 9.17) is 5.11 Å². The molecule has 1 aliphatic heterocycles. The van der Waals surface area contributed by atoms with Gasteiger partial charge in [-0.05, 0) is 66.2 Å². The Balaban J connectivity index is 2.29. The molecule has 2 rings (SSSR count). The molecule has 0 radical (unpaired) electrons. The van der Waals surface area contributed by atoms with Gasteiger partial charge in [0.25, 0.3) is 0 Å². The van der Waals surface area contributed by atoms with Gasteiger partial charge in [0.15, 0.2) is 0 Å². The Labute approximate surface area is 129 Å². The lowest BCUT2D eigenvalue weighted by Gasteiger charge is -2.24. The van der Waals surface area contributed by atoms with Crippen molar-refractivity contribution in [3.63, 3.8) is 0 Å². The minimum absolute atomic E-state index is 0.0142. The molecule has 1 heterocycles. The molecule has 1 aliphatic rings. The van der Waals surface area contributed by atoms with Crippen LogP contribution in [0.5, 0.6) is 0 Å². The maximum atomic E-state index is 12.8. The molecule has 20 heavy (non-hydrogen) atoms. The summed E-state index contributed by atoms with van der Waals surface area (Å²) in [6, 6.07) is 5.32. The fraction of sp³-hybridized carbons (Fsp3) is 0.571. The van der Waals surface area contributed by atoms with Gasteiger partial charge in [-0.1, -0.05) is 6.07 Å². The summed E-state index contributed by atoms with van der Waals surface area (Å²) in [5.74, 6) is 0. The zero-order valence-electron chi connectivity index (χ0n) is 11.5. The topological polar surface area (TPSA) is 57.6 Å². The molecule has 0 spiro atoms. The highest BCUT2D eigenvalue weighted by molar-refractivity contribution is 9.10. The fourth-order valence-electron chi connectivity index (χ4n) is 2.68. The van der Waals surface area contributed by atoms with Gasteiger partial charge in [-0.3, -0.25) is 0 Å². The molecule has 0 saturated carbocycles. The van der Waals surface area contributed by atoms with E-state index in [1.54, 1.807) is 10.4 Å². The Kier molecular flexibility index (Phi) is 5.23. The Morgan fingerprint density at radius 3 is 2.85 bits per heavy atom. The van der Waals surface area contributed by atoms with Crippen molar-refractivity contribution in [2.75, 3.05) is 13.2 Å². The molecule has 1 saturated heterocycles. The highest BCUT2D eigenvalue weighted by Crippen LogP contribution is 2.32. The van der Waals surface area contributed by atoms with Crippen LogP contribution in [0.3, 0.4) is 0 Å². The highest BCUT2D eigenvalue weighted by atomic mass is 79.9. The van der Waals surface area contributed by atoms with E-state index in [0.29, 0.717) is 22.3 Å². The smallest absolute Gasteiger partial charge is 0.244 e. The van der Waals surface area contributed by atoms with Crippen LogP contribution in [-0.2, 0) is 10.0 Å². The van der Waals surface area contributed by atoms with Crippen molar-refractivity contribution >= 4 is 26.0 Å². The van der Waals surface area contributed by atoms with Gasteiger partial charge < -0.3 is 5.11 Å². The molecule has 1 aromatic rings. The fourth-order valence-corrected chi connectivity index (χ4v) is 5.56. The van der Waals surface area contributed by atoms with Gasteiger partial charge in [-0.2, -0.15) is 4.31 Å². The first-order chi connectivity index (χ1) is 9.46. The summed E-state index contributed by atoms with van der Waals surface area (Å²) in [7, 11) is -3.46. The van der Waals surface area contributed by atoms with Gasteiger partial charge in [0.1, 0.15) is 0 Å². The Morgan fingerprint density at radius 2 is 2.20 bits per heavy atom. The highest BCUT2D eigenvalue weighted by Gasteiger charge is 2.35. The largest absolute Gasteiger partial charge is 0.396 e. The van der Waals surface area contributed by atoms with E-state index in [0.717, 1.165) is 24.8 Å². The lowest BCUT2D eigenvalue weighted by molar-refractivity contribution is 0.264. The second-order valence-electron chi connectivity index (χ2n) is 5.21. The number of nitrogens with zero attached hydrogens (tertiary/aromatic N) is 1. The van der Waals surface area contributed by atoms with Gasteiger partial charge in [-0.25, -0.2) is 8.42 Å². The van der Waals surface area contributed by atoms with Crippen LogP contribution in [0, 0.1) is 6.92 Å². The molecule has 6 heteroatoms. The van der Waals surface area contributed by atoms with Crippen molar-refractivity contribution in [1.82, 2.24) is 4.31 Å². The molecule has 1 aromatic carbocycles. The second kappa shape index (κ2) is 6.56. The normalized spacial score (nSPS) is 20.4. The predicted octanol–water partition coefficient (Wildman–Crippen LogP) is 2.68. The molecule has 0 aromatic heterocycles. The standard InChI is InChI=1S/C14H20BrNO3S/c1-11-6-7-14(13(15)10-11)20(18,19)16-8-2-4-12(16)5-3-9-17/h6-7,10,12,17H,2-5,8-9H2,1H3. The zero-order valence-corrected chi connectivity index (χ0v) is 14.0. The SMILES string of the molecule is Cc1ccc(S(=O)(=O)N2CCCC2CCCO)c(Br)c1. The van der Waals surface area contributed by atoms with E-state index in [1.165, 1.54) is 0 Å². The summed E-state index contributed by atoms with van der Waals surface area (Å²) < 4.78 is 27.8. The molecule has 1 fully saturated rings. The summed E-state index contributed by atoms with van der Waals surface area (Å²) in [4.78, 5) is 0.332. The molecule has 4 nitrogen and oxygen atoms in total. The maximum Gasteiger partial charge on any atom is 0.244 e. The number of rotatable bonds is 5. The molecule has 0 amide bonds. The molecule has 112 valence electrons. The van der Waals surface area contributed by atoms with Crippen LogP contribution in [0.25, 0.3) is 0 Å². The molecular formula is C14H20BrNO3S. The first kappa shape index (κ1) is 15.9. The van der Waals surface area contributed by atoms with Crippen LogP contribution in [0.15, 0.2) is 27.6 Å². The van der Waals surface area contributed by atoms with Gasteiger partial charge >= 0.3 is 0 Å². The summed E-state index contributed by atoms with van der Waals surface area (Å²) in [6.45, 7) is 2.61. The van der Waals surface area contributed by atoms with Gasteiger partial charge in [0, 0.05) is 23.7 Å². The lowest BCUT2D eigenvalue weighted by Crippen LogP contribution is -2.35. The van der Waals surface area contributed by atoms with Crippen LogP contribution in [0.1, 0.15) is 31.2 Å². The van der Waals surface area contributed by atoms with Crippen molar-refractivity contribution in [2.24, 2.45) is 0 Å². The molecule has 1 atom stereocenters. The number of benzene rings is 1. The van der Waals surface area contributed by atoms with Crippen LogP contribution in [0.4, 0.5) is 0 Å². The van der Waals surface area contributed by atoms with Gasteiger partial charge in [0.05, 0.1) is 4.90 Å². The van der Waals surface area contributed by atoms with Crippen molar-refractivity contribution in [1.29, 1.82) is 0 Å². The summed E-state index contributed by atoms with van der Waals surface area (Å²) in [5, 5.41) is 8.93. The molecule has 1 unspecified atom stereocenters. The van der Waals surface area contributed by atoms with Gasteiger partial charge in [0.2, 0.25) is 10.0 Å². The third-order valence-corrected chi connectivity index (χ3v) is 6.62. The number of sulfonamides is 1. The van der Waals surface area contributed by atoms with Crippen LogP contribution >= 0.6 is 15.9 Å². The summed E-state index contributed by atoms with van der Waals surface area (Å²) in [6.07, 6.45) is 3.13. The number of aliphatic hydroxyl groups is 1. The van der Waals surface area contributed by atoms with E-state index in [1.807, 2.05) is 19.1 Å². The zero-order chi connectivity index (χ0) is 14.8. The number of hydrogen-bond donors (Lipinski definition) is 1. The van der Waals surface area contributed by atoms with Crippen LogP contribution in [0.2, 0.25) is 0 Å². The number of hydrogen-bond acceptors (Lipinski definition) is 3. The van der Waals surface area contributed by atoms with Crippen molar-refractivity contribution < 1.29 is 13.5 Å². The Hall–Kier alpha value is -0.430. The van der Waals surface area contributed by atoms with E-state index in [-0.39, 0.29) is 12.6 Å². The van der Waals surface area contributed by atoms with E-state index >= 15 is 0 Å². The average molecular weight is 362 g/mol. The van der Waals surface area contributed by atoms with E-state index in [2.05, 4.69) is 15.9 Å². The quantitative estimate of drug-likeness (QED) is 0.876. The molecule has 0 bridgehead atoms. The first-order valence-corrected chi connectivity index (χ1v) is 9.09. The molecular weight excluding hydrogens is 342 g/mol. The number of aryl methyl sites for hydroxylation is 1. The van der Waals surface area contributed by atoms with Crippen molar-refractivity contribution in [3.8, 4) is 0 Å². The van der Waals surface area contributed by atoms with E-state index < -0.39 is 10.0 Å². The van der Waals surface area contributed by atoms with Crippen LogP contribution in [-0.4, -0.2) is 37.0 Å². The Bertz CT molecular complexity index is 574. The average Bonchev–Trinajstić information content (AvgIpc) is 2.84. The minimum Gasteiger partial charge on any atom is -0.396 e. The Morgan fingerprint density at radius 1 is 1.45 bits per heavy atom. The summed E-state index contributed by atoms with van der Waals surface area (Å²) >= 11 is 3.36. The lowest BCUT2D eigenvalue weighted by atomic mass is 10.1. The number of halogens is 1.